The zero-order valence-electron chi connectivity index (χ0n) is 12.0. The molecule has 102 valence electrons. The van der Waals surface area contributed by atoms with Gasteiger partial charge in [0.25, 0.3) is 0 Å². The molecule has 0 saturated carbocycles. The minimum absolute atomic E-state index is 0.0205. The van der Waals surface area contributed by atoms with Gasteiger partial charge in [0.05, 0.1) is 12.1 Å². The van der Waals surface area contributed by atoms with Crippen LogP contribution in [0, 0.1) is 5.92 Å². The van der Waals surface area contributed by atoms with Crippen LogP contribution in [0.3, 0.4) is 0 Å². The van der Waals surface area contributed by atoms with Crippen LogP contribution in [0.5, 0.6) is 0 Å². The average molecular weight is 244 g/mol. The van der Waals surface area contributed by atoms with Crippen LogP contribution >= 0.6 is 0 Å². The van der Waals surface area contributed by atoms with Crippen LogP contribution in [0.15, 0.2) is 0 Å². The van der Waals surface area contributed by atoms with E-state index in [9.17, 15) is 9.90 Å². The topological polar surface area (TPSA) is 61.4 Å². The molecule has 4 nitrogen and oxygen atoms in total. The number of hydrogen-bond donors (Lipinski definition) is 3. The third-order valence-corrected chi connectivity index (χ3v) is 3.14. The van der Waals surface area contributed by atoms with Gasteiger partial charge in [0.2, 0.25) is 5.91 Å². The largest absolute Gasteiger partial charge is 0.392 e. The Morgan fingerprint density at radius 1 is 1.29 bits per heavy atom. The molecule has 2 unspecified atom stereocenters. The summed E-state index contributed by atoms with van der Waals surface area (Å²) < 4.78 is 0. The van der Waals surface area contributed by atoms with Crippen LogP contribution in [-0.2, 0) is 4.79 Å². The minimum Gasteiger partial charge on any atom is -0.392 e. The summed E-state index contributed by atoms with van der Waals surface area (Å²) in [6.45, 7) is 12.2. The van der Waals surface area contributed by atoms with Crippen LogP contribution in [-0.4, -0.2) is 35.2 Å². The van der Waals surface area contributed by atoms with E-state index in [1.165, 1.54) is 0 Å². The van der Waals surface area contributed by atoms with E-state index in [1.54, 1.807) is 0 Å². The van der Waals surface area contributed by atoms with Gasteiger partial charge in [-0.2, -0.15) is 0 Å². The van der Waals surface area contributed by atoms with E-state index in [1.807, 2.05) is 41.5 Å². The summed E-state index contributed by atoms with van der Waals surface area (Å²) in [4.78, 5) is 11.8. The highest BCUT2D eigenvalue weighted by atomic mass is 16.3. The van der Waals surface area contributed by atoms with E-state index in [2.05, 4.69) is 10.6 Å². The fourth-order valence-corrected chi connectivity index (χ4v) is 1.16. The number of carbonyl (C=O) groups is 1. The first-order chi connectivity index (χ1) is 7.69. The van der Waals surface area contributed by atoms with Crippen molar-refractivity contribution in [1.29, 1.82) is 0 Å². The van der Waals surface area contributed by atoms with Crippen molar-refractivity contribution in [1.82, 2.24) is 10.6 Å². The van der Waals surface area contributed by atoms with Crippen molar-refractivity contribution in [3.63, 3.8) is 0 Å². The van der Waals surface area contributed by atoms with Crippen LogP contribution in [0.4, 0.5) is 0 Å². The van der Waals surface area contributed by atoms with Gasteiger partial charge in [-0.15, -0.1) is 0 Å². The van der Waals surface area contributed by atoms with Crippen molar-refractivity contribution in [3.8, 4) is 0 Å². The smallest absolute Gasteiger partial charge is 0.237 e. The Morgan fingerprint density at radius 3 is 2.24 bits per heavy atom. The van der Waals surface area contributed by atoms with Crippen LogP contribution in [0.2, 0.25) is 0 Å². The predicted molar refractivity (Wildman–Crippen MR) is 70.8 cm³/mol. The number of aliphatic hydroxyl groups is 1. The second kappa shape index (κ2) is 6.97. The Morgan fingerprint density at radius 2 is 1.82 bits per heavy atom. The van der Waals surface area contributed by atoms with Gasteiger partial charge >= 0.3 is 0 Å². The quantitative estimate of drug-likeness (QED) is 0.632. The summed E-state index contributed by atoms with van der Waals surface area (Å²) in [6.07, 6.45) is 0.476. The highest BCUT2D eigenvalue weighted by molar-refractivity contribution is 5.81. The van der Waals surface area contributed by atoms with Crippen molar-refractivity contribution < 1.29 is 9.90 Å². The number of nitrogens with one attached hydrogen (secondary N) is 2. The second-order valence-electron chi connectivity index (χ2n) is 5.67. The summed E-state index contributed by atoms with van der Waals surface area (Å²) in [5.74, 6) is 0.178. The van der Waals surface area contributed by atoms with E-state index in [4.69, 9.17) is 0 Å². The van der Waals surface area contributed by atoms with Gasteiger partial charge in [-0.25, -0.2) is 0 Å². The molecule has 0 radical (unpaired) electrons. The Balaban J connectivity index is 4.07. The molecule has 0 aromatic rings. The fourth-order valence-electron chi connectivity index (χ4n) is 1.16. The Kier molecular flexibility index (Phi) is 6.72. The number of amides is 1. The Bertz CT molecular complexity index is 240. The normalized spacial score (nSPS) is 15.8. The molecule has 0 saturated heterocycles. The molecule has 0 aliphatic carbocycles. The minimum atomic E-state index is -0.413. The lowest BCUT2D eigenvalue weighted by Gasteiger charge is -2.27. The van der Waals surface area contributed by atoms with E-state index in [-0.39, 0.29) is 23.4 Å². The highest BCUT2D eigenvalue weighted by Crippen LogP contribution is 2.07. The molecule has 0 aromatic heterocycles. The van der Waals surface area contributed by atoms with E-state index < -0.39 is 6.10 Å². The summed E-state index contributed by atoms with van der Waals surface area (Å²) in [6, 6.07) is -0.283. The monoisotopic (exact) mass is 244 g/mol. The lowest BCUT2D eigenvalue weighted by Crippen LogP contribution is -2.51. The second-order valence-corrected chi connectivity index (χ2v) is 5.67. The third kappa shape index (κ3) is 6.64. The van der Waals surface area contributed by atoms with Crippen molar-refractivity contribution in [2.24, 2.45) is 5.92 Å². The summed E-state index contributed by atoms with van der Waals surface area (Å²) in [7, 11) is 0. The molecule has 0 bridgehead atoms. The molecule has 0 fully saturated rings. The first-order valence-electron chi connectivity index (χ1n) is 6.43. The molecule has 0 aliphatic heterocycles. The number of carbonyl (C=O) groups excluding carboxylic acids is 1. The summed E-state index contributed by atoms with van der Waals surface area (Å²) in [5, 5.41) is 15.7. The Labute approximate surface area is 105 Å². The van der Waals surface area contributed by atoms with E-state index in [0.29, 0.717) is 6.54 Å². The van der Waals surface area contributed by atoms with Gasteiger partial charge in [0.15, 0.2) is 0 Å². The lowest BCUT2D eigenvalue weighted by atomic mass is 10.0. The lowest BCUT2D eigenvalue weighted by molar-refractivity contribution is -0.124. The maximum atomic E-state index is 11.8. The van der Waals surface area contributed by atoms with E-state index in [0.717, 1.165) is 6.42 Å². The molecule has 0 spiro atoms. The summed E-state index contributed by atoms with van der Waals surface area (Å²) in [5.41, 5.74) is -0.177. The summed E-state index contributed by atoms with van der Waals surface area (Å²) >= 11 is 0. The van der Waals surface area contributed by atoms with Crippen molar-refractivity contribution >= 4 is 5.91 Å². The van der Waals surface area contributed by atoms with Crippen LogP contribution < -0.4 is 10.6 Å². The number of rotatable bonds is 7. The van der Waals surface area contributed by atoms with Gasteiger partial charge in [-0.3, -0.25) is 4.79 Å². The molecule has 0 rings (SSSR count). The third-order valence-electron chi connectivity index (χ3n) is 3.14. The van der Waals surface area contributed by atoms with Crippen LogP contribution in [0.1, 0.15) is 48.0 Å². The van der Waals surface area contributed by atoms with Gasteiger partial charge < -0.3 is 15.7 Å². The van der Waals surface area contributed by atoms with E-state index >= 15 is 0 Å². The average Bonchev–Trinajstić information content (AvgIpc) is 2.24. The Hall–Kier alpha value is -0.610. The number of aliphatic hydroxyl groups excluding tert-OH is 1. The molecular formula is C13H28N2O2. The molecule has 4 heteroatoms. The molecule has 0 aliphatic rings. The molecule has 0 aromatic carbocycles. The van der Waals surface area contributed by atoms with Gasteiger partial charge in [0.1, 0.15) is 0 Å². The zero-order valence-corrected chi connectivity index (χ0v) is 12.0. The van der Waals surface area contributed by atoms with Gasteiger partial charge in [0, 0.05) is 12.1 Å². The maximum Gasteiger partial charge on any atom is 0.237 e. The fraction of sp³-hybridized carbons (Fsp3) is 0.923. The van der Waals surface area contributed by atoms with Gasteiger partial charge in [-0.05, 0) is 33.1 Å². The maximum absolute atomic E-state index is 11.8. The molecule has 17 heavy (non-hydrogen) atoms. The van der Waals surface area contributed by atoms with Crippen molar-refractivity contribution in [2.45, 2.75) is 65.6 Å². The zero-order chi connectivity index (χ0) is 13.6. The standard InChI is InChI=1S/C13H28N2O2/c1-7-13(5,6)15-12(17)10(4)14-8-11(16)9(2)3/h9-11,14,16H,7-8H2,1-6H3,(H,15,17). The first-order valence-corrected chi connectivity index (χ1v) is 6.43. The molecule has 2 atom stereocenters. The molecular weight excluding hydrogens is 216 g/mol. The first kappa shape index (κ1) is 16.4. The predicted octanol–water partition coefficient (Wildman–Crippen LogP) is 1.29. The van der Waals surface area contributed by atoms with Gasteiger partial charge in [-0.1, -0.05) is 20.8 Å². The van der Waals surface area contributed by atoms with Crippen LogP contribution in [0.25, 0.3) is 0 Å². The van der Waals surface area contributed by atoms with Crippen molar-refractivity contribution in [2.75, 3.05) is 6.54 Å². The number of hydrogen-bond acceptors (Lipinski definition) is 3. The van der Waals surface area contributed by atoms with Crippen molar-refractivity contribution in [3.05, 3.63) is 0 Å². The SMILES string of the molecule is CCC(C)(C)NC(=O)C(C)NCC(O)C(C)C. The molecule has 1 amide bonds. The molecule has 0 heterocycles. The highest BCUT2D eigenvalue weighted by Gasteiger charge is 2.22. The molecule has 3 N–H and O–H groups in total.